The third-order valence-electron chi connectivity index (χ3n) is 5.93. The van der Waals surface area contributed by atoms with Crippen molar-refractivity contribution in [1.82, 2.24) is 10.0 Å². The van der Waals surface area contributed by atoms with Crippen molar-refractivity contribution in [2.45, 2.75) is 0 Å². The van der Waals surface area contributed by atoms with E-state index in [1.807, 2.05) is 24.3 Å². The quantitative estimate of drug-likeness (QED) is 0.352. The molecule has 0 radical (unpaired) electrons. The van der Waals surface area contributed by atoms with Crippen LogP contribution in [0.5, 0.6) is 0 Å². The van der Waals surface area contributed by atoms with E-state index < -0.39 is 23.6 Å². The van der Waals surface area contributed by atoms with Crippen molar-refractivity contribution >= 4 is 57.6 Å². The standard InChI is InChI=1S/C26H14N4O4/c31-23-17-9-1-5-15-6-2-10-18(21(15)17)24(32)29(23)27-13-14-28-30-25(33)19-11-3-7-16-8-4-12-20(22(16)19)26(30)34/h1-14H/b27-13+,28-14+. The molecule has 162 valence electrons. The summed E-state index contributed by atoms with van der Waals surface area (Å²) in [4.78, 5) is 51.5. The SMILES string of the molecule is O=C1c2cccc3cccc(c23)C(=O)N1/N=C/C=N/N1C(=O)c2cccc3cccc(c23)C1=O. The highest BCUT2D eigenvalue weighted by Gasteiger charge is 2.34. The second-order valence-corrected chi connectivity index (χ2v) is 7.79. The van der Waals surface area contributed by atoms with E-state index >= 15 is 0 Å². The first-order valence-corrected chi connectivity index (χ1v) is 10.4. The summed E-state index contributed by atoms with van der Waals surface area (Å²) in [5, 5.41) is 12.2. The second kappa shape index (κ2) is 7.28. The van der Waals surface area contributed by atoms with Gasteiger partial charge in [-0.05, 0) is 35.0 Å². The summed E-state index contributed by atoms with van der Waals surface area (Å²) in [7, 11) is 0. The van der Waals surface area contributed by atoms with Gasteiger partial charge in [0, 0.05) is 10.8 Å². The minimum absolute atomic E-state index is 0.368. The van der Waals surface area contributed by atoms with Gasteiger partial charge in [-0.25, -0.2) is 0 Å². The zero-order valence-corrected chi connectivity index (χ0v) is 17.5. The Hall–Kier alpha value is -4.98. The summed E-state index contributed by atoms with van der Waals surface area (Å²) in [6.45, 7) is 0. The van der Waals surface area contributed by atoms with Crippen LogP contribution in [0, 0.1) is 0 Å². The zero-order valence-electron chi connectivity index (χ0n) is 17.5. The van der Waals surface area contributed by atoms with Crippen LogP contribution in [0.3, 0.4) is 0 Å². The third kappa shape index (κ3) is 2.72. The van der Waals surface area contributed by atoms with Crippen LogP contribution in [-0.2, 0) is 0 Å². The molecule has 0 unspecified atom stereocenters. The Kier molecular flexibility index (Phi) is 4.21. The van der Waals surface area contributed by atoms with E-state index in [-0.39, 0.29) is 0 Å². The van der Waals surface area contributed by atoms with Gasteiger partial charge in [0.25, 0.3) is 23.6 Å². The average molecular weight is 446 g/mol. The van der Waals surface area contributed by atoms with Gasteiger partial charge in [0.2, 0.25) is 0 Å². The molecular formula is C26H14N4O4. The molecule has 2 heterocycles. The molecular weight excluding hydrogens is 432 g/mol. The van der Waals surface area contributed by atoms with Crippen molar-refractivity contribution in [3.63, 3.8) is 0 Å². The molecule has 0 atom stereocenters. The van der Waals surface area contributed by atoms with Crippen LogP contribution in [0.2, 0.25) is 0 Å². The molecule has 0 N–H and O–H groups in total. The van der Waals surface area contributed by atoms with Gasteiger partial charge < -0.3 is 0 Å². The van der Waals surface area contributed by atoms with E-state index in [9.17, 15) is 19.2 Å². The number of hydrogen-bond donors (Lipinski definition) is 0. The smallest absolute Gasteiger partial charge is 0.267 e. The maximum absolute atomic E-state index is 12.9. The number of carbonyl (C=O) groups is 4. The predicted molar refractivity (Wildman–Crippen MR) is 126 cm³/mol. The van der Waals surface area contributed by atoms with E-state index in [1.54, 1.807) is 48.5 Å². The Bertz CT molecular complexity index is 1430. The fraction of sp³-hybridized carbons (Fsp3) is 0. The fourth-order valence-corrected chi connectivity index (χ4v) is 4.44. The lowest BCUT2D eigenvalue weighted by atomic mass is 9.95. The van der Waals surface area contributed by atoms with Crippen LogP contribution in [0.15, 0.2) is 83.0 Å². The highest BCUT2D eigenvalue weighted by Crippen LogP contribution is 2.31. The summed E-state index contributed by atoms with van der Waals surface area (Å²) in [5.41, 5.74) is 1.47. The van der Waals surface area contributed by atoms with Gasteiger partial charge in [-0.15, -0.1) is 0 Å². The number of amides is 4. The summed E-state index contributed by atoms with van der Waals surface area (Å²) in [5.74, 6) is -2.26. The van der Waals surface area contributed by atoms with Crippen molar-refractivity contribution in [1.29, 1.82) is 0 Å². The molecule has 0 aromatic heterocycles. The summed E-state index contributed by atoms with van der Waals surface area (Å²) in [6.07, 6.45) is 2.21. The van der Waals surface area contributed by atoms with Crippen molar-refractivity contribution in [3.05, 3.63) is 95.1 Å². The van der Waals surface area contributed by atoms with E-state index in [1.165, 1.54) is 0 Å². The first-order valence-electron chi connectivity index (χ1n) is 10.4. The molecule has 4 aromatic carbocycles. The highest BCUT2D eigenvalue weighted by atomic mass is 16.2. The molecule has 8 nitrogen and oxygen atoms in total. The maximum Gasteiger partial charge on any atom is 0.282 e. The Morgan fingerprint density at radius 2 is 0.765 bits per heavy atom. The lowest BCUT2D eigenvalue weighted by Gasteiger charge is -2.23. The number of nitrogens with zero attached hydrogens (tertiary/aromatic N) is 4. The molecule has 6 rings (SSSR count). The maximum atomic E-state index is 12.9. The largest absolute Gasteiger partial charge is 0.282 e. The summed E-state index contributed by atoms with van der Waals surface area (Å²) in [6, 6.07) is 20.9. The number of rotatable bonds is 3. The molecule has 8 heteroatoms. The first kappa shape index (κ1) is 19.7. The minimum atomic E-state index is -0.565. The average Bonchev–Trinajstić information content (AvgIpc) is 2.86. The lowest BCUT2D eigenvalue weighted by molar-refractivity contribution is 0.0599. The Morgan fingerprint density at radius 1 is 0.471 bits per heavy atom. The molecule has 34 heavy (non-hydrogen) atoms. The van der Waals surface area contributed by atoms with Crippen LogP contribution in [-0.4, -0.2) is 46.1 Å². The fourth-order valence-electron chi connectivity index (χ4n) is 4.44. The van der Waals surface area contributed by atoms with Crippen molar-refractivity contribution in [2.24, 2.45) is 10.2 Å². The molecule has 0 bridgehead atoms. The van der Waals surface area contributed by atoms with Gasteiger partial charge in [-0.1, -0.05) is 48.5 Å². The highest BCUT2D eigenvalue weighted by molar-refractivity contribution is 6.28. The number of carbonyl (C=O) groups excluding carboxylic acids is 4. The monoisotopic (exact) mass is 446 g/mol. The van der Waals surface area contributed by atoms with Crippen LogP contribution >= 0.6 is 0 Å². The molecule has 0 saturated carbocycles. The van der Waals surface area contributed by atoms with Crippen molar-refractivity contribution in [3.8, 4) is 0 Å². The molecule has 0 aliphatic carbocycles. The molecule has 2 aliphatic heterocycles. The number of benzene rings is 4. The molecule has 4 aromatic rings. The van der Waals surface area contributed by atoms with Crippen LogP contribution in [0.25, 0.3) is 21.5 Å². The lowest BCUT2D eigenvalue weighted by Crippen LogP contribution is -2.37. The summed E-state index contributed by atoms with van der Waals surface area (Å²) < 4.78 is 0. The molecule has 0 saturated heterocycles. The minimum Gasteiger partial charge on any atom is -0.267 e. The molecule has 2 aliphatic rings. The predicted octanol–water partition coefficient (Wildman–Crippen LogP) is 3.86. The normalized spacial score (nSPS) is 15.5. The first-order chi connectivity index (χ1) is 16.6. The van der Waals surface area contributed by atoms with E-state index in [2.05, 4.69) is 10.2 Å². The Morgan fingerprint density at radius 3 is 1.06 bits per heavy atom. The van der Waals surface area contributed by atoms with E-state index in [0.717, 1.165) is 33.2 Å². The van der Waals surface area contributed by atoms with Crippen LogP contribution in [0.4, 0.5) is 0 Å². The van der Waals surface area contributed by atoms with E-state index in [0.29, 0.717) is 33.0 Å². The summed E-state index contributed by atoms with van der Waals surface area (Å²) >= 11 is 0. The van der Waals surface area contributed by atoms with Gasteiger partial charge in [0.05, 0.1) is 34.7 Å². The molecule has 0 fully saturated rings. The van der Waals surface area contributed by atoms with Crippen molar-refractivity contribution < 1.29 is 19.2 Å². The molecule has 0 spiro atoms. The third-order valence-corrected chi connectivity index (χ3v) is 5.93. The van der Waals surface area contributed by atoms with Crippen LogP contribution in [0.1, 0.15) is 41.4 Å². The van der Waals surface area contributed by atoms with Crippen LogP contribution < -0.4 is 0 Å². The topological polar surface area (TPSA) is 99.5 Å². The van der Waals surface area contributed by atoms with Gasteiger partial charge >= 0.3 is 0 Å². The van der Waals surface area contributed by atoms with Gasteiger partial charge in [0.1, 0.15) is 0 Å². The molecule has 4 amide bonds. The Labute approximate surface area is 192 Å². The number of hydrogen-bond acceptors (Lipinski definition) is 6. The Balaban J connectivity index is 1.30. The van der Waals surface area contributed by atoms with Gasteiger partial charge in [0.15, 0.2) is 0 Å². The zero-order chi connectivity index (χ0) is 23.4. The van der Waals surface area contributed by atoms with Crippen molar-refractivity contribution in [2.75, 3.05) is 0 Å². The van der Waals surface area contributed by atoms with Gasteiger partial charge in [-0.2, -0.15) is 20.2 Å². The number of imide groups is 2. The number of hydrazone groups is 2. The second-order valence-electron chi connectivity index (χ2n) is 7.79. The van der Waals surface area contributed by atoms with Gasteiger partial charge in [-0.3, -0.25) is 19.2 Å². The van der Waals surface area contributed by atoms with E-state index in [4.69, 9.17) is 0 Å².